The van der Waals surface area contributed by atoms with Gasteiger partial charge in [0, 0.05) is 30.4 Å². The van der Waals surface area contributed by atoms with E-state index >= 15 is 0 Å². The van der Waals surface area contributed by atoms with E-state index in [1.807, 2.05) is 4.90 Å². The van der Waals surface area contributed by atoms with Gasteiger partial charge in [-0.3, -0.25) is 9.59 Å². The molecule has 7 heteroatoms. The van der Waals surface area contributed by atoms with Crippen LogP contribution >= 0.6 is 0 Å². The van der Waals surface area contributed by atoms with Gasteiger partial charge in [-0.05, 0) is 43.2 Å². The van der Waals surface area contributed by atoms with Crippen LogP contribution in [0.5, 0.6) is 17.2 Å². The maximum absolute atomic E-state index is 12.5. The number of benzene rings is 2. The van der Waals surface area contributed by atoms with Gasteiger partial charge in [0.25, 0.3) is 11.8 Å². The number of amides is 2. The van der Waals surface area contributed by atoms with Crippen molar-refractivity contribution in [3.63, 3.8) is 0 Å². The predicted octanol–water partition coefficient (Wildman–Crippen LogP) is 2.96. The summed E-state index contributed by atoms with van der Waals surface area (Å²) in [5.41, 5.74) is 1.01. The highest BCUT2D eigenvalue weighted by atomic mass is 16.5. The molecule has 0 spiro atoms. The van der Waals surface area contributed by atoms with Crippen LogP contribution in [0.2, 0.25) is 0 Å². The average molecular weight is 384 g/mol. The molecule has 1 aliphatic heterocycles. The van der Waals surface area contributed by atoms with E-state index in [1.54, 1.807) is 42.5 Å². The molecule has 0 bridgehead atoms. The molecule has 28 heavy (non-hydrogen) atoms. The van der Waals surface area contributed by atoms with Crippen LogP contribution in [0, 0.1) is 0 Å². The molecule has 0 aliphatic carbocycles. The van der Waals surface area contributed by atoms with Gasteiger partial charge in [-0.1, -0.05) is 6.07 Å². The highest BCUT2D eigenvalue weighted by Gasteiger charge is 2.18. The summed E-state index contributed by atoms with van der Waals surface area (Å²) in [7, 11) is 3.06. The molecular weight excluding hydrogens is 360 g/mol. The molecule has 2 amide bonds. The lowest BCUT2D eigenvalue weighted by Crippen LogP contribution is -2.32. The van der Waals surface area contributed by atoms with Crippen molar-refractivity contribution in [3.05, 3.63) is 48.0 Å². The van der Waals surface area contributed by atoms with Gasteiger partial charge < -0.3 is 24.4 Å². The number of carbonyl (C=O) groups excluding carboxylic acids is 2. The lowest BCUT2D eigenvalue weighted by Gasteiger charge is -2.16. The highest BCUT2D eigenvalue weighted by Crippen LogP contribution is 2.28. The lowest BCUT2D eigenvalue weighted by molar-refractivity contribution is -0.132. The summed E-state index contributed by atoms with van der Waals surface area (Å²) >= 11 is 0. The quantitative estimate of drug-likeness (QED) is 0.794. The Morgan fingerprint density at radius 2 is 1.75 bits per heavy atom. The van der Waals surface area contributed by atoms with Crippen LogP contribution in [-0.4, -0.2) is 50.6 Å². The normalized spacial score (nSPS) is 13.1. The zero-order valence-electron chi connectivity index (χ0n) is 16.1. The van der Waals surface area contributed by atoms with Gasteiger partial charge in [-0.25, -0.2) is 0 Å². The van der Waals surface area contributed by atoms with Crippen molar-refractivity contribution in [1.82, 2.24) is 4.90 Å². The number of carbonyl (C=O) groups is 2. The Labute approximate surface area is 164 Å². The predicted molar refractivity (Wildman–Crippen MR) is 105 cm³/mol. The Kier molecular flexibility index (Phi) is 6.37. The number of methoxy groups -OCH3 is 2. The van der Waals surface area contributed by atoms with E-state index in [1.165, 1.54) is 14.2 Å². The molecule has 2 aromatic carbocycles. The average Bonchev–Trinajstić information content (AvgIpc) is 3.26. The number of ether oxygens (including phenoxy) is 3. The standard InChI is InChI=1S/C21H24N2O5/c1-26-18-9-8-15(12-19(18)27-2)21(25)22-16-6-5-7-17(13-16)28-14-20(24)23-10-3-4-11-23/h5-9,12-13H,3-4,10-11,14H2,1-2H3,(H,22,25). The molecule has 0 radical (unpaired) electrons. The molecule has 0 unspecified atom stereocenters. The molecule has 0 aromatic heterocycles. The van der Waals surface area contributed by atoms with E-state index in [2.05, 4.69) is 5.32 Å². The number of hydrogen-bond donors (Lipinski definition) is 1. The van der Waals surface area contributed by atoms with E-state index < -0.39 is 0 Å². The second kappa shape index (κ2) is 9.12. The highest BCUT2D eigenvalue weighted by molar-refractivity contribution is 6.04. The first-order valence-corrected chi connectivity index (χ1v) is 9.14. The number of hydrogen-bond acceptors (Lipinski definition) is 5. The fourth-order valence-electron chi connectivity index (χ4n) is 3.05. The Morgan fingerprint density at radius 1 is 1.00 bits per heavy atom. The molecule has 1 aliphatic rings. The third-order valence-corrected chi connectivity index (χ3v) is 4.56. The van der Waals surface area contributed by atoms with Gasteiger partial charge in [-0.2, -0.15) is 0 Å². The van der Waals surface area contributed by atoms with E-state index in [-0.39, 0.29) is 18.4 Å². The fourth-order valence-corrected chi connectivity index (χ4v) is 3.05. The van der Waals surface area contributed by atoms with Crippen molar-refractivity contribution in [2.75, 3.05) is 39.2 Å². The van der Waals surface area contributed by atoms with Gasteiger partial charge >= 0.3 is 0 Å². The Hall–Kier alpha value is -3.22. The molecule has 1 fully saturated rings. The van der Waals surface area contributed by atoms with Crippen molar-refractivity contribution in [2.24, 2.45) is 0 Å². The molecule has 7 nitrogen and oxygen atoms in total. The minimum Gasteiger partial charge on any atom is -0.493 e. The number of anilines is 1. The van der Waals surface area contributed by atoms with Crippen molar-refractivity contribution < 1.29 is 23.8 Å². The Balaban J connectivity index is 1.62. The summed E-state index contributed by atoms with van der Waals surface area (Å²) in [5, 5.41) is 2.82. The lowest BCUT2D eigenvalue weighted by atomic mass is 10.2. The van der Waals surface area contributed by atoms with Crippen molar-refractivity contribution in [1.29, 1.82) is 0 Å². The van der Waals surface area contributed by atoms with Crippen LogP contribution in [0.4, 0.5) is 5.69 Å². The van der Waals surface area contributed by atoms with Crippen LogP contribution in [0.1, 0.15) is 23.2 Å². The summed E-state index contributed by atoms with van der Waals surface area (Å²) in [4.78, 5) is 26.4. The maximum Gasteiger partial charge on any atom is 0.260 e. The molecule has 3 rings (SSSR count). The van der Waals surface area contributed by atoms with Crippen molar-refractivity contribution in [3.8, 4) is 17.2 Å². The van der Waals surface area contributed by atoms with Gasteiger partial charge in [0.05, 0.1) is 14.2 Å². The molecule has 0 atom stereocenters. The first-order chi connectivity index (χ1) is 13.6. The molecule has 2 aromatic rings. The van der Waals surface area contributed by atoms with E-state index in [9.17, 15) is 9.59 Å². The Morgan fingerprint density at radius 3 is 2.46 bits per heavy atom. The number of rotatable bonds is 7. The number of nitrogens with one attached hydrogen (secondary N) is 1. The minimum absolute atomic E-state index is 0.00687. The molecule has 1 heterocycles. The number of nitrogens with zero attached hydrogens (tertiary/aromatic N) is 1. The van der Waals surface area contributed by atoms with Gasteiger partial charge in [0.1, 0.15) is 5.75 Å². The Bertz CT molecular complexity index is 846. The fraction of sp³-hybridized carbons (Fsp3) is 0.333. The third kappa shape index (κ3) is 4.73. The first-order valence-electron chi connectivity index (χ1n) is 9.14. The van der Waals surface area contributed by atoms with Crippen LogP contribution in [0.15, 0.2) is 42.5 Å². The smallest absolute Gasteiger partial charge is 0.260 e. The monoisotopic (exact) mass is 384 g/mol. The van der Waals surface area contributed by atoms with E-state index in [0.29, 0.717) is 28.5 Å². The topological polar surface area (TPSA) is 77.1 Å². The zero-order chi connectivity index (χ0) is 19.9. The van der Waals surface area contributed by atoms with Crippen molar-refractivity contribution >= 4 is 17.5 Å². The van der Waals surface area contributed by atoms with Crippen LogP contribution in [-0.2, 0) is 4.79 Å². The van der Waals surface area contributed by atoms with Gasteiger partial charge in [-0.15, -0.1) is 0 Å². The second-order valence-electron chi connectivity index (χ2n) is 6.43. The van der Waals surface area contributed by atoms with E-state index in [0.717, 1.165) is 25.9 Å². The zero-order valence-corrected chi connectivity index (χ0v) is 16.1. The van der Waals surface area contributed by atoms with Crippen LogP contribution < -0.4 is 19.5 Å². The summed E-state index contributed by atoms with van der Waals surface area (Å²) in [6.45, 7) is 1.58. The second-order valence-corrected chi connectivity index (χ2v) is 6.43. The van der Waals surface area contributed by atoms with E-state index in [4.69, 9.17) is 14.2 Å². The summed E-state index contributed by atoms with van der Waals surface area (Å²) in [6, 6.07) is 11.9. The summed E-state index contributed by atoms with van der Waals surface area (Å²) < 4.78 is 16.0. The van der Waals surface area contributed by atoms with Gasteiger partial charge in [0.15, 0.2) is 18.1 Å². The summed E-state index contributed by atoms with van der Waals surface area (Å²) in [5.74, 6) is 1.26. The first kappa shape index (κ1) is 19.5. The molecule has 0 saturated carbocycles. The van der Waals surface area contributed by atoms with Crippen LogP contribution in [0.25, 0.3) is 0 Å². The molecule has 1 saturated heterocycles. The summed E-state index contributed by atoms with van der Waals surface area (Å²) in [6.07, 6.45) is 2.09. The minimum atomic E-state index is -0.286. The SMILES string of the molecule is COc1ccc(C(=O)Nc2cccc(OCC(=O)N3CCCC3)c2)cc1OC. The molecule has 148 valence electrons. The third-order valence-electron chi connectivity index (χ3n) is 4.56. The van der Waals surface area contributed by atoms with Gasteiger partial charge in [0.2, 0.25) is 0 Å². The molecular formula is C21H24N2O5. The number of likely N-dealkylation sites (tertiary alicyclic amines) is 1. The maximum atomic E-state index is 12.5. The molecule has 1 N–H and O–H groups in total. The van der Waals surface area contributed by atoms with Crippen LogP contribution in [0.3, 0.4) is 0 Å². The largest absolute Gasteiger partial charge is 0.493 e. The van der Waals surface area contributed by atoms with Crippen molar-refractivity contribution in [2.45, 2.75) is 12.8 Å².